The van der Waals surface area contributed by atoms with Gasteiger partial charge in [0.25, 0.3) is 0 Å². The van der Waals surface area contributed by atoms with Crippen molar-refractivity contribution in [3.63, 3.8) is 0 Å². The maximum absolute atomic E-state index is 10.3. The zero-order valence-corrected chi connectivity index (χ0v) is 8.40. The van der Waals surface area contributed by atoms with Gasteiger partial charge in [-0.1, -0.05) is 23.2 Å². The van der Waals surface area contributed by atoms with Crippen LogP contribution in [0.2, 0.25) is 10.0 Å². The molecule has 1 N–H and O–H groups in total. The summed E-state index contributed by atoms with van der Waals surface area (Å²) in [5.41, 5.74) is 0. The molecule has 1 rings (SSSR count). The second-order valence-corrected chi connectivity index (χ2v) is 4.01. The van der Waals surface area contributed by atoms with E-state index in [1.165, 1.54) is 18.2 Å². The Kier molecular flexibility index (Phi) is 3.02. The summed E-state index contributed by atoms with van der Waals surface area (Å²) >= 11 is 11.1. The van der Waals surface area contributed by atoms with Gasteiger partial charge in [0.05, 0.1) is 0 Å². The average molecular weight is 243 g/mol. The normalized spacial score (nSPS) is 11.3. The van der Waals surface area contributed by atoms with Crippen molar-refractivity contribution in [2.45, 2.75) is 0 Å². The predicted molar refractivity (Wildman–Crippen MR) is 48.6 cm³/mol. The standard InChI is InChI=1S/C6H4Cl2O4S/c7-4-1-5(8)3-6(2-4)12-13(9,10)11/h1-3H,(H,9,10,11). The molecule has 0 saturated carbocycles. The van der Waals surface area contributed by atoms with Gasteiger partial charge in [-0.15, -0.1) is 0 Å². The Labute approximate surface area is 85.0 Å². The van der Waals surface area contributed by atoms with Crippen molar-refractivity contribution in [2.75, 3.05) is 0 Å². The van der Waals surface area contributed by atoms with Crippen LogP contribution in [-0.2, 0) is 10.4 Å². The van der Waals surface area contributed by atoms with Gasteiger partial charge in [0.15, 0.2) is 0 Å². The number of halogens is 2. The minimum atomic E-state index is -4.53. The zero-order chi connectivity index (χ0) is 10.1. The number of benzene rings is 1. The Morgan fingerprint density at radius 1 is 1.15 bits per heavy atom. The summed E-state index contributed by atoms with van der Waals surface area (Å²) < 4.78 is 33.0. The van der Waals surface area contributed by atoms with E-state index in [4.69, 9.17) is 27.8 Å². The Bertz CT molecular complexity index is 394. The summed E-state index contributed by atoms with van der Waals surface area (Å²) in [7, 11) is -4.53. The molecule has 0 radical (unpaired) electrons. The summed E-state index contributed by atoms with van der Waals surface area (Å²) in [5.74, 6) is -0.139. The van der Waals surface area contributed by atoms with Gasteiger partial charge in [0.1, 0.15) is 5.75 Å². The summed E-state index contributed by atoms with van der Waals surface area (Å²) in [6.45, 7) is 0. The Morgan fingerprint density at radius 3 is 2.00 bits per heavy atom. The quantitative estimate of drug-likeness (QED) is 0.808. The van der Waals surface area contributed by atoms with E-state index < -0.39 is 10.4 Å². The van der Waals surface area contributed by atoms with Crippen LogP contribution in [0, 0.1) is 0 Å². The monoisotopic (exact) mass is 242 g/mol. The minimum Gasteiger partial charge on any atom is -0.362 e. The van der Waals surface area contributed by atoms with E-state index in [1.54, 1.807) is 0 Å². The molecule has 0 aliphatic rings. The van der Waals surface area contributed by atoms with Gasteiger partial charge in [-0.2, -0.15) is 8.42 Å². The van der Waals surface area contributed by atoms with Crippen molar-refractivity contribution in [1.29, 1.82) is 0 Å². The largest absolute Gasteiger partial charge is 0.446 e. The fourth-order valence-electron chi connectivity index (χ4n) is 0.698. The number of rotatable bonds is 2. The number of hydrogen-bond donors (Lipinski definition) is 1. The SMILES string of the molecule is O=S(=O)(O)Oc1cc(Cl)cc(Cl)c1. The molecule has 0 bridgehead atoms. The first-order chi connectivity index (χ1) is 5.87. The van der Waals surface area contributed by atoms with Crippen molar-refractivity contribution >= 4 is 33.6 Å². The predicted octanol–water partition coefficient (Wildman–Crippen LogP) is 2.17. The third-order valence-corrected chi connectivity index (χ3v) is 1.88. The molecule has 0 fully saturated rings. The molecule has 72 valence electrons. The average Bonchev–Trinajstić information content (AvgIpc) is 1.78. The Morgan fingerprint density at radius 2 is 1.62 bits per heavy atom. The molecule has 1 aromatic rings. The lowest BCUT2D eigenvalue weighted by Gasteiger charge is -2.01. The van der Waals surface area contributed by atoms with Gasteiger partial charge in [-0.3, -0.25) is 4.55 Å². The molecule has 0 atom stereocenters. The molecular weight excluding hydrogens is 239 g/mol. The highest BCUT2D eigenvalue weighted by Crippen LogP contribution is 2.24. The van der Waals surface area contributed by atoms with E-state index >= 15 is 0 Å². The van der Waals surface area contributed by atoms with Crippen LogP contribution >= 0.6 is 23.2 Å². The molecule has 0 aliphatic heterocycles. The number of hydrogen-bond acceptors (Lipinski definition) is 3. The molecule has 0 saturated heterocycles. The topological polar surface area (TPSA) is 63.6 Å². The molecule has 0 aliphatic carbocycles. The van der Waals surface area contributed by atoms with Crippen LogP contribution < -0.4 is 4.18 Å². The van der Waals surface area contributed by atoms with E-state index in [0.29, 0.717) is 0 Å². The van der Waals surface area contributed by atoms with Gasteiger partial charge < -0.3 is 4.18 Å². The fraction of sp³-hybridized carbons (Fsp3) is 0. The fourth-order valence-corrected chi connectivity index (χ4v) is 1.54. The third kappa shape index (κ3) is 3.82. The molecule has 0 unspecified atom stereocenters. The summed E-state index contributed by atoms with van der Waals surface area (Å²) in [6, 6.07) is 3.82. The van der Waals surface area contributed by atoms with Gasteiger partial charge in [-0.25, -0.2) is 0 Å². The highest BCUT2D eigenvalue weighted by Gasteiger charge is 2.07. The lowest BCUT2D eigenvalue weighted by atomic mass is 10.3. The first-order valence-corrected chi connectivity index (χ1v) is 5.12. The van der Waals surface area contributed by atoms with Crippen molar-refractivity contribution in [3.8, 4) is 5.75 Å². The maximum atomic E-state index is 10.3. The van der Waals surface area contributed by atoms with Gasteiger partial charge in [0, 0.05) is 22.2 Å². The molecule has 0 aromatic heterocycles. The van der Waals surface area contributed by atoms with Gasteiger partial charge in [-0.05, 0) is 6.07 Å². The lowest BCUT2D eigenvalue weighted by molar-refractivity contribution is 0.387. The van der Waals surface area contributed by atoms with Crippen molar-refractivity contribution < 1.29 is 17.2 Å². The van der Waals surface area contributed by atoms with Crippen molar-refractivity contribution in [1.82, 2.24) is 0 Å². The summed E-state index contributed by atoms with van der Waals surface area (Å²) in [5, 5.41) is 0.428. The molecule has 4 nitrogen and oxygen atoms in total. The summed E-state index contributed by atoms with van der Waals surface area (Å²) in [6.07, 6.45) is 0. The minimum absolute atomic E-state index is 0.139. The molecule has 13 heavy (non-hydrogen) atoms. The molecule has 0 spiro atoms. The van der Waals surface area contributed by atoms with E-state index in [2.05, 4.69) is 4.18 Å². The molecular formula is C6H4Cl2O4S. The van der Waals surface area contributed by atoms with Crippen LogP contribution in [-0.4, -0.2) is 13.0 Å². The van der Waals surface area contributed by atoms with Crippen LogP contribution in [0.25, 0.3) is 0 Å². The first kappa shape index (κ1) is 10.6. The highest BCUT2D eigenvalue weighted by atomic mass is 35.5. The van der Waals surface area contributed by atoms with E-state index in [9.17, 15) is 8.42 Å². The van der Waals surface area contributed by atoms with Crippen LogP contribution in [0.5, 0.6) is 5.75 Å². The van der Waals surface area contributed by atoms with Crippen LogP contribution in [0.4, 0.5) is 0 Å². The van der Waals surface area contributed by atoms with E-state index in [-0.39, 0.29) is 15.8 Å². The van der Waals surface area contributed by atoms with Crippen LogP contribution in [0.3, 0.4) is 0 Å². The molecule has 7 heteroatoms. The highest BCUT2D eigenvalue weighted by molar-refractivity contribution is 7.81. The summed E-state index contributed by atoms with van der Waals surface area (Å²) in [4.78, 5) is 0. The van der Waals surface area contributed by atoms with Crippen molar-refractivity contribution in [3.05, 3.63) is 28.2 Å². The van der Waals surface area contributed by atoms with Gasteiger partial charge in [0.2, 0.25) is 0 Å². The lowest BCUT2D eigenvalue weighted by Crippen LogP contribution is -2.06. The third-order valence-electron chi connectivity index (χ3n) is 1.04. The second kappa shape index (κ2) is 3.71. The Hall–Kier alpha value is -0.490. The molecule has 1 aromatic carbocycles. The van der Waals surface area contributed by atoms with Crippen molar-refractivity contribution in [2.24, 2.45) is 0 Å². The molecule has 0 amide bonds. The molecule has 0 heterocycles. The zero-order valence-electron chi connectivity index (χ0n) is 6.07. The van der Waals surface area contributed by atoms with E-state index in [1.807, 2.05) is 0 Å². The van der Waals surface area contributed by atoms with Crippen LogP contribution in [0.1, 0.15) is 0 Å². The van der Waals surface area contributed by atoms with Gasteiger partial charge >= 0.3 is 10.4 Å². The maximum Gasteiger partial charge on any atom is 0.446 e. The smallest absolute Gasteiger partial charge is 0.362 e. The first-order valence-electron chi connectivity index (χ1n) is 3.00. The van der Waals surface area contributed by atoms with E-state index in [0.717, 1.165) is 0 Å². The second-order valence-electron chi connectivity index (χ2n) is 2.12. The Balaban J connectivity index is 3.03. The van der Waals surface area contributed by atoms with Crippen LogP contribution in [0.15, 0.2) is 18.2 Å².